The van der Waals surface area contributed by atoms with Crippen LogP contribution in [0, 0.1) is 5.92 Å². The topological polar surface area (TPSA) is 79.2 Å². The molecule has 6 nitrogen and oxygen atoms in total. The molecule has 1 aliphatic rings. The van der Waals surface area contributed by atoms with Crippen molar-refractivity contribution < 1.29 is 9.90 Å². The molecule has 1 aliphatic carbocycles. The molecule has 1 fully saturated rings. The normalized spacial score (nSPS) is 22.0. The lowest BCUT2D eigenvalue weighted by molar-refractivity contribution is 0.176. The highest BCUT2D eigenvalue weighted by atomic mass is 16.3. The maximum absolute atomic E-state index is 12.0. The minimum Gasteiger partial charge on any atom is -0.396 e. The van der Waals surface area contributed by atoms with Crippen molar-refractivity contribution in [3.05, 3.63) is 11.8 Å². The number of carbonyl (C=O) groups is 1. The van der Waals surface area contributed by atoms with Crippen LogP contribution in [-0.2, 0) is 13.5 Å². The molecule has 0 saturated heterocycles. The Bertz CT molecular complexity index is 464. The first-order chi connectivity index (χ1) is 10.1. The summed E-state index contributed by atoms with van der Waals surface area (Å²) in [4.78, 5) is 12.0. The van der Waals surface area contributed by atoms with Gasteiger partial charge < -0.3 is 10.4 Å². The maximum Gasteiger partial charge on any atom is 0.320 e. The third-order valence-corrected chi connectivity index (χ3v) is 4.12. The van der Waals surface area contributed by atoms with Gasteiger partial charge >= 0.3 is 6.03 Å². The molecular formula is C15H26N4O2. The van der Waals surface area contributed by atoms with Crippen LogP contribution >= 0.6 is 0 Å². The fourth-order valence-electron chi connectivity index (χ4n) is 2.85. The second-order valence-corrected chi connectivity index (χ2v) is 5.89. The van der Waals surface area contributed by atoms with Gasteiger partial charge in [-0.15, -0.1) is 0 Å². The van der Waals surface area contributed by atoms with E-state index < -0.39 is 0 Å². The summed E-state index contributed by atoms with van der Waals surface area (Å²) in [5, 5.41) is 19.4. The lowest BCUT2D eigenvalue weighted by atomic mass is 9.87. The smallest absolute Gasteiger partial charge is 0.320 e. The predicted molar refractivity (Wildman–Crippen MR) is 82.2 cm³/mol. The SMILES string of the molecule is CCCc1cc(NC(=O)NC2CCC(CO)CC2)n(C)n1. The molecule has 0 atom stereocenters. The summed E-state index contributed by atoms with van der Waals surface area (Å²) in [5.74, 6) is 1.12. The van der Waals surface area contributed by atoms with E-state index in [0.29, 0.717) is 5.92 Å². The van der Waals surface area contributed by atoms with Crippen LogP contribution in [0.15, 0.2) is 6.07 Å². The van der Waals surface area contributed by atoms with E-state index in [2.05, 4.69) is 22.7 Å². The lowest BCUT2D eigenvalue weighted by Gasteiger charge is -2.27. The van der Waals surface area contributed by atoms with E-state index >= 15 is 0 Å². The number of anilines is 1. The Kier molecular flexibility index (Phi) is 5.61. The fourth-order valence-corrected chi connectivity index (χ4v) is 2.85. The summed E-state index contributed by atoms with van der Waals surface area (Å²) in [7, 11) is 1.83. The number of aliphatic hydroxyl groups is 1. The van der Waals surface area contributed by atoms with Gasteiger partial charge in [-0.25, -0.2) is 4.79 Å². The quantitative estimate of drug-likeness (QED) is 0.777. The minimum absolute atomic E-state index is 0.173. The van der Waals surface area contributed by atoms with Crippen molar-refractivity contribution in [2.75, 3.05) is 11.9 Å². The van der Waals surface area contributed by atoms with Gasteiger partial charge in [0, 0.05) is 25.8 Å². The molecule has 1 aromatic heterocycles. The third kappa shape index (κ3) is 4.46. The van der Waals surface area contributed by atoms with Crippen molar-refractivity contribution >= 4 is 11.8 Å². The molecule has 0 radical (unpaired) electrons. The number of hydrogen-bond donors (Lipinski definition) is 3. The summed E-state index contributed by atoms with van der Waals surface area (Å²) in [6.07, 6.45) is 5.79. The van der Waals surface area contributed by atoms with E-state index in [1.54, 1.807) is 4.68 Å². The molecule has 118 valence electrons. The van der Waals surface area contributed by atoms with Crippen LogP contribution in [0.25, 0.3) is 0 Å². The van der Waals surface area contributed by atoms with Gasteiger partial charge in [-0.3, -0.25) is 10.00 Å². The zero-order chi connectivity index (χ0) is 15.2. The van der Waals surface area contributed by atoms with Gasteiger partial charge in [-0.05, 0) is 38.0 Å². The average molecular weight is 294 g/mol. The van der Waals surface area contributed by atoms with Crippen LogP contribution in [-0.4, -0.2) is 33.6 Å². The Labute approximate surface area is 125 Å². The molecule has 1 aromatic rings. The van der Waals surface area contributed by atoms with Gasteiger partial charge in [-0.2, -0.15) is 5.10 Å². The van der Waals surface area contributed by atoms with Crippen molar-refractivity contribution in [2.45, 2.75) is 51.5 Å². The first-order valence-electron chi connectivity index (χ1n) is 7.83. The molecule has 3 N–H and O–H groups in total. The summed E-state index contributed by atoms with van der Waals surface area (Å²) < 4.78 is 1.70. The number of carbonyl (C=O) groups excluding carboxylic acids is 1. The van der Waals surface area contributed by atoms with Gasteiger partial charge in [0.25, 0.3) is 0 Å². The lowest BCUT2D eigenvalue weighted by Crippen LogP contribution is -2.40. The van der Waals surface area contributed by atoms with Crippen LogP contribution in [0.4, 0.5) is 10.6 Å². The Hall–Kier alpha value is -1.56. The second kappa shape index (κ2) is 7.45. The van der Waals surface area contributed by atoms with Crippen LogP contribution in [0.5, 0.6) is 0 Å². The Balaban J connectivity index is 1.82. The highest BCUT2D eigenvalue weighted by Gasteiger charge is 2.22. The van der Waals surface area contributed by atoms with Crippen LogP contribution in [0.1, 0.15) is 44.7 Å². The van der Waals surface area contributed by atoms with Crippen molar-refractivity contribution in [3.8, 4) is 0 Å². The number of hydrogen-bond acceptors (Lipinski definition) is 3. The van der Waals surface area contributed by atoms with Crippen LogP contribution < -0.4 is 10.6 Å². The molecule has 6 heteroatoms. The van der Waals surface area contributed by atoms with Gasteiger partial charge in [0.1, 0.15) is 5.82 Å². The summed E-state index contributed by atoms with van der Waals surface area (Å²) in [5.41, 5.74) is 0.999. The third-order valence-electron chi connectivity index (χ3n) is 4.12. The van der Waals surface area contributed by atoms with E-state index in [0.717, 1.165) is 50.0 Å². The maximum atomic E-state index is 12.0. The monoisotopic (exact) mass is 294 g/mol. The predicted octanol–water partition coefficient (Wildman–Crippen LogP) is 2.05. The highest BCUT2D eigenvalue weighted by Crippen LogP contribution is 2.23. The molecule has 0 aliphatic heterocycles. The number of aryl methyl sites for hydroxylation is 2. The number of urea groups is 1. The fraction of sp³-hybridized carbons (Fsp3) is 0.733. The summed E-state index contributed by atoms with van der Waals surface area (Å²) in [6, 6.07) is 1.95. The molecular weight excluding hydrogens is 268 g/mol. The zero-order valence-corrected chi connectivity index (χ0v) is 12.9. The number of aromatic nitrogens is 2. The molecule has 0 unspecified atom stereocenters. The molecule has 1 heterocycles. The second-order valence-electron chi connectivity index (χ2n) is 5.89. The van der Waals surface area contributed by atoms with Gasteiger partial charge in [-0.1, -0.05) is 13.3 Å². The Morgan fingerprint density at radius 2 is 2.14 bits per heavy atom. The number of rotatable bonds is 5. The zero-order valence-electron chi connectivity index (χ0n) is 12.9. The van der Waals surface area contributed by atoms with Gasteiger partial charge in [0.2, 0.25) is 0 Å². The highest BCUT2D eigenvalue weighted by molar-refractivity contribution is 5.88. The number of nitrogens with zero attached hydrogens (tertiary/aromatic N) is 2. The average Bonchev–Trinajstić information content (AvgIpc) is 2.80. The van der Waals surface area contributed by atoms with Gasteiger partial charge in [0.05, 0.1) is 5.69 Å². The summed E-state index contributed by atoms with van der Waals surface area (Å²) >= 11 is 0. The van der Waals surface area contributed by atoms with Crippen LogP contribution in [0.2, 0.25) is 0 Å². The van der Waals surface area contributed by atoms with E-state index in [4.69, 9.17) is 5.11 Å². The van der Waals surface area contributed by atoms with Crippen molar-refractivity contribution in [3.63, 3.8) is 0 Å². The molecule has 2 amide bonds. The van der Waals surface area contributed by atoms with E-state index in [1.165, 1.54) is 0 Å². The molecule has 1 saturated carbocycles. The van der Waals surface area contributed by atoms with Crippen molar-refractivity contribution in [1.29, 1.82) is 0 Å². The molecule has 21 heavy (non-hydrogen) atoms. The first-order valence-corrected chi connectivity index (χ1v) is 7.83. The Morgan fingerprint density at radius 3 is 2.76 bits per heavy atom. The number of amides is 2. The van der Waals surface area contributed by atoms with E-state index in [9.17, 15) is 4.79 Å². The summed E-state index contributed by atoms with van der Waals surface area (Å²) in [6.45, 7) is 2.37. The van der Waals surface area contributed by atoms with Crippen molar-refractivity contribution in [1.82, 2.24) is 15.1 Å². The van der Waals surface area contributed by atoms with Crippen molar-refractivity contribution in [2.24, 2.45) is 13.0 Å². The largest absolute Gasteiger partial charge is 0.396 e. The molecule has 0 spiro atoms. The number of aliphatic hydroxyl groups excluding tert-OH is 1. The minimum atomic E-state index is -0.173. The first kappa shape index (κ1) is 15.8. The van der Waals surface area contributed by atoms with E-state index in [1.807, 2.05) is 13.1 Å². The van der Waals surface area contributed by atoms with E-state index in [-0.39, 0.29) is 18.7 Å². The molecule has 2 rings (SSSR count). The molecule has 0 aromatic carbocycles. The van der Waals surface area contributed by atoms with Gasteiger partial charge in [0.15, 0.2) is 0 Å². The number of nitrogens with one attached hydrogen (secondary N) is 2. The molecule has 0 bridgehead atoms. The van der Waals surface area contributed by atoms with Crippen LogP contribution in [0.3, 0.4) is 0 Å². The standard InChI is InChI=1S/C15H26N4O2/c1-3-4-13-9-14(19(2)18-13)17-15(21)16-12-7-5-11(10-20)6-8-12/h9,11-12,20H,3-8,10H2,1-2H3,(H2,16,17,21). The Morgan fingerprint density at radius 1 is 1.43 bits per heavy atom.